The highest BCUT2D eigenvalue weighted by Crippen LogP contribution is 2.37. The number of rotatable bonds is 7. The van der Waals surface area contributed by atoms with E-state index in [0.29, 0.717) is 30.6 Å². The van der Waals surface area contributed by atoms with Gasteiger partial charge in [-0.2, -0.15) is 23.3 Å². The molecule has 0 radical (unpaired) electrons. The van der Waals surface area contributed by atoms with Gasteiger partial charge in [-0.15, -0.1) is 0 Å². The van der Waals surface area contributed by atoms with Crippen LogP contribution in [0.2, 0.25) is 0 Å². The van der Waals surface area contributed by atoms with Crippen molar-refractivity contribution in [1.29, 1.82) is 0 Å². The molecule has 0 amide bonds. The number of nitrogens with one attached hydrogen (secondary N) is 2. The van der Waals surface area contributed by atoms with Crippen LogP contribution < -0.4 is 10.6 Å². The normalized spacial score (nSPS) is 22.1. The third kappa shape index (κ3) is 3.99. The summed E-state index contributed by atoms with van der Waals surface area (Å²) < 4.78 is 65.4. The van der Waals surface area contributed by atoms with Gasteiger partial charge in [0.05, 0.1) is 18.0 Å². The molecule has 1 aliphatic heterocycles. The molecule has 3 heterocycles. The van der Waals surface area contributed by atoms with Crippen LogP contribution >= 0.6 is 0 Å². The maximum atomic E-state index is 14.0. The summed E-state index contributed by atoms with van der Waals surface area (Å²) in [7, 11) is 1.42. The highest BCUT2D eigenvalue weighted by atomic mass is 19.4. The standard InChI is InChI=1S/C17H22F4N6O2/c1-4-22-13-11(17(19,20)21)7-23-15(25-13)24-12-8-27(26-10(12)2)16(9-18)5-6-29-14(16)28-3/h7-8,14H,4-6,9H2,1-3H3,(H2,22,23,24,25). The van der Waals surface area contributed by atoms with Crippen LogP contribution in [0.3, 0.4) is 0 Å². The molecule has 2 aromatic heterocycles. The number of anilines is 3. The van der Waals surface area contributed by atoms with Gasteiger partial charge in [-0.25, -0.2) is 9.37 Å². The molecular weight excluding hydrogens is 396 g/mol. The molecule has 0 aliphatic carbocycles. The molecule has 160 valence electrons. The minimum atomic E-state index is -4.58. The van der Waals surface area contributed by atoms with Crippen LogP contribution in [0.4, 0.5) is 35.0 Å². The van der Waals surface area contributed by atoms with Crippen molar-refractivity contribution in [2.24, 2.45) is 0 Å². The second-order valence-electron chi connectivity index (χ2n) is 6.61. The Bertz CT molecular complexity index is 859. The summed E-state index contributed by atoms with van der Waals surface area (Å²) >= 11 is 0. The van der Waals surface area contributed by atoms with Crippen LogP contribution in [-0.4, -0.2) is 53.0 Å². The first-order chi connectivity index (χ1) is 13.7. The van der Waals surface area contributed by atoms with E-state index in [1.54, 1.807) is 20.0 Å². The van der Waals surface area contributed by atoms with Crippen molar-refractivity contribution < 1.29 is 27.0 Å². The SMILES string of the molecule is CCNc1nc(Nc2cn(C3(CF)CCOC3OC)nc2C)ncc1C(F)(F)F. The average molecular weight is 418 g/mol. The zero-order valence-corrected chi connectivity index (χ0v) is 16.2. The number of halogens is 4. The van der Waals surface area contributed by atoms with E-state index in [-0.39, 0.29) is 18.3 Å². The summed E-state index contributed by atoms with van der Waals surface area (Å²) in [6.45, 7) is 3.16. The van der Waals surface area contributed by atoms with E-state index in [1.165, 1.54) is 11.8 Å². The van der Waals surface area contributed by atoms with Gasteiger partial charge >= 0.3 is 6.18 Å². The van der Waals surface area contributed by atoms with E-state index in [2.05, 4.69) is 25.7 Å². The Morgan fingerprint density at radius 3 is 2.79 bits per heavy atom. The Hall–Kier alpha value is -2.47. The maximum Gasteiger partial charge on any atom is 0.421 e. The van der Waals surface area contributed by atoms with Gasteiger partial charge in [-0.05, 0) is 13.8 Å². The van der Waals surface area contributed by atoms with E-state index in [0.717, 1.165) is 0 Å². The highest BCUT2D eigenvalue weighted by molar-refractivity contribution is 5.58. The van der Waals surface area contributed by atoms with Crippen LogP contribution in [0.1, 0.15) is 24.6 Å². The second kappa shape index (κ2) is 8.11. The zero-order valence-electron chi connectivity index (χ0n) is 16.2. The first-order valence-corrected chi connectivity index (χ1v) is 8.97. The van der Waals surface area contributed by atoms with Gasteiger partial charge in [-0.1, -0.05) is 0 Å². The van der Waals surface area contributed by atoms with Crippen molar-refractivity contribution in [3.05, 3.63) is 23.7 Å². The Balaban J connectivity index is 1.91. The Morgan fingerprint density at radius 2 is 2.17 bits per heavy atom. The fourth-order valence-corrected chi connectivity index (χ4v) is 3.20. The van der Waals surface area contributed by atoms with Gasteiger partial charge in [0.1, 0.15) is 23.6 Å². The monoisotopic (exact) mass is 418 g/mol. The fraction of sp³-hybridized carbons (Fsp3) is 0.588. The number of aryl methyl sites for hydroxylation is 1. The maximum absolute atomic E-state index is 14.0. The number of alkyl halides is 4. The van der Waals surface area contributed by atoms with Gasteiger partial charge in [0.25, 0.3) is 0 Å². The number of nitrogens with zero attached hydrogens (tertiary/aromatic N) is 4. The lowest BCUT2D eigenvalue weighted by Crippen LogP contribution is -2.45. The molecule has 12 heteroatoms. The number of ether oxygens (including phenoxy) is 2. The molecule has 0 spiro atoms. The average Bonchev–Trinajstić information content (AvgIpc) is 3.25. The Morgan fingerprint density at radius 1 is 1.41 bits per heavy atom. The molecular formula is C17H22F4N6O2. The number of methoxy groups -OCH3 is 1. The van der Waals surface area contributed by atoms with Crippen LogP contribution in [0.25, 0.3) is 0 Å². The third-order valence-corrected chi connectivity index (χ3v) is 4.73. The van der Waals surface area contributed by atoms with Crippen LogP contribution in [-0.2, 0) is 21.2 Å². The van der Waals surface area contributed by atoms with Crippen molar-refractivity contribution in [3.8, 4) is 0 Å². The summed E-state index contributed by atoms with van der Waals surface area (Å²) in [4.78, 5) is 7.68. The summed E-state index contributed by atoms with van der Waals surface area (Å²) in [5, 5.41) is 9.79. The third-order valence-electron chi connectivity index (χ3n) is 4.73. The predicted octanol–water partition coefficient (Wildman–Crippen LogP) is 3.23. The summed E-state index contributed by atoms with van der Waals surface area (Å²) in [5.41, 5.74) is -1.15. The lowest BCUT2D eigenvalue weighted by Gasteiger charge is -2.30. The van der Waals surface area contributed by atoms with Crippen LogP contribution in [0.5, 0.6) is 0 Å². The van der Waals surface area contributed by atoms with E-state index < -0.39 is 30.2 Å². The molecule has 0 bridgehead atoms. The molecule has 2 atom stereocenters. The predicted molar refractivity (Wildman–Crippen MR) is 96.8 cm³/mol. The summed E-state index contributed by atoms with van der Waals surface area (Å²) in [5.74, 6) is -0.372. The molecule has 29 heavy (non-hydrogen) atoms. The van der Waals surface area contributed by atoms with Gasteiger partial charge in [0.15, 0.2) is 6.29 Å². The first kappa shape index (κ1) is 21.2. The number of hydrogen-bond acceptors (Lipinski definition) is 7. The van der Waals surface area contributed by atoms with Crippen molar-refractivity contribution in [2.75, 3.05) is 37.6 Å². The first-order valence-electron chi connectivity index (χ1n) is 8.97. The van der Waals surface area contributed by atoms with Gasteiger partial charge in [0.2, 0.25) is 5.95 Å². The lowest BCUT2D eigenvalue weighted by molar-refractivity contribution is -0.143. The van der Waals surface area contributed by atoms with Gasteiger partial charge in [0, 0.05) is 32.5 Å². The quantitative estimate of drug-likeness (QED) is 0.668. The Kier molecular flexibility index (Phi) is 5.94. The molecule has 2 unspecified atom stereocenters. The van der Waals surface area contributed by atoms with E-state index in [9.17, 15) is 17.6 Å². The molecule has 0 saturated carbocycles. The Labute approximate surface area is 164 Å². The lowest BCUT2D eigenvalue weighted by atomic mass is 9.99. The van der Waals surface area contributed by atoms with E-state index >= 15 is 0 Å². The van der Waals surface area contributed by atoms with Gasteiger partial charge in [-0.3, -0.25) is 4.68 Å². The smallest absolute Gasteiger partial charge is 0.370 e. The molecule has 3 rings (SSSR count). The second-order valence-corrected chi connectivity index (χ2v) is 6.61. The molecule has 2 aromatic rings. The summed E-state index contributed by atoms with van der Waals surface area (Å²) in [6, 6.07) is 0. The van der Waals surface area contributed by atoms with Crippen LogP contribution in [0, 0.1) is 6.92 Å². The minimum absolute atomic E-state index is 0.0446. The summed E-state index contributed by atoms with van der Waals surface area (Å²) in [6.07, 6.45) is -2.76. The largest absolute Gasteiger partial charge is 0.421 e. The minimum Gasteiger partial charge on any atom is -0.370 e. The molecule has 2 N–H and O–H groups in total. The number of hydrogen-bond donors (Lipinski definition) is 2. The molecule has 1 fully saturated rings. The van der Waals surface area contributed by atoms with E-state index in [1.807, 2.05) is 0 Å². The highest BCUT2D eigenvalue weighted by Gasteiger charge is 2.48. The van der Waals surface area contributed by atoms with Crippen molar-refractivity contribution in [2.45, 2.75) is 38.3 Å². The molecule has 8 nitrogen and oxygen atoms in total. The van der Waals surface area contributed by atoms with E-state index in [4.69, 9.17) is 9.47 Å². The number of aromatic nitrogens is 4. The van der Waals surface area contributed by atoms with Crippen molar-refractivity contribution in [3.63, 3.8) is 0 Å². The molecule has 1 aliphatic rings. The zero-order chi connectivity index (χ0) is 21.2. The van der Waals surface area contributed by atoms with Gasteiger partial charge < -0.3 is 20.1 Å². The molecule has 0 aromatic carbocycles. The molecule has 1 saturated heterocycles. The topological polar surface area (TPSA) is 86.1 Å². The van der Waals surface area contributed by atoms with Crippen molar-refractivity contribution >= 4 is 17.5 Å². The van der Waals surface area contributed by atoms with Crippen LogP contribution in [0.15, 0.2) is 12.4 Å². The fourth-order valence-electron chi connectivity index (χ4n) is 3.20. The van der Waals surface area contributed by atoms with Crippen molar-refractivity contribution in [1.82, 2.24) is 19.7 Å².